The minimum Gasteiger partial charge on any atom is -0.353 e. The average Bonchev–Trinajstić information content (AvgIpc) is 2.94. The maximum absolute atomic E-state index is 12.4. The number of carbonyl (C=O) groups is 1. The molecule has 21 heavy (non-hydrogen) atoms. The summed E-state index contributed by atoms with van der Waals surface area (Å²) in [6.07, 6.45) is 5.32. The van der Waals surface area contributed by atoms with Crippen molar-refractivity contribution in [3.63, 3.8) is 0 Å². The molecule has 6 heteroatoms. The fourth-order valence-electron chi connectivity index (χ4n) is 2.50. The predicted octanol–water partition coefficient (Wildman–Crippen LogP) is 1.09. The molecule has 110 valence electrons. The Hall–Kier alpha value is -2.37. The molecule has 0 unspecified atom stereocenters. The number of piperazine rings is 1. The number of rotatable bonds is 2. The molecule has 6 nitrogen and oxygen atoms in total. The van der Waals surface area contributed by atoms with Crippen LogP contribution in [0.15, 0.2) is 30.7 Å². The van der Waals surface area contributed by atoms with Crippen LogP contribution in [0, 0.1) is 6.92 Å². The first-order valence-corrected chi connectivity index (χ1v) is 7.09. The van der Waals surface area contributed by atoms with Crippen LogP contribution in [0.1, 0.15) is 16.2 Å². The summed E-state index contributed by atoms with van der Waals surface area (Å²) in [6.45, 7) is 5.02. The van der Waals surface area contributed by atoms with E-state index in [1.54, 1.807) is 17.0 Å². The standard InChI is InChI=1S/C15H19N5O/c1-12-3-4-13(17-11-12)19-7-9-20(10-8-19)15(21)14-16-5-6-18(14)2/h3-6,11H,7-10H2,1-2H3. The third kappa shape index (κ3) is 2.74. The molecule has 2 aromatic rings. The van der Waals surface area contributed by atoms with Crippen molar-refractivity contribution < 1.29 is 4.79 Å². The summed E-state index contributed by atoms with van der Waals surface area (Å²) in [6, 6.07) is 4.10. The fraction of sp³-hybridized carbons (Fsp3) is 0.400. The molecule has 0 spiro atoms. The fourth-order valence-corrected chi connectivity index (χ4v) is 2.50. The largest absolute Gasteiger partial charge is 0.353 e. The molecule has 1 fully saturated rings. The Labute approximate surface area is 124 Å². The van der Waals surface area contributed by atoms with Crippen LogP contribution in [0.3, 0.4) is 0 Å². The minimum atomic E-state index is -0.000912. The second-order valence-corrected chi connectivity index (χ2v) is 5.33. The average molecular weight is 285 g/mol. The van der Waals surface area contributed by atoms with Crippen molar-refractivity contribution in [3.05, 3.63) is 42.1 Å². The van der Waals surface area contributed by atoms with E-state index in [4.69, 9.17) is 0 Å². The summed E-state index contributed by atoms with van der Waals surface area (Å²) in [7, 11) is 1.84. The summed E-state index contributed by atoms with van der Waals surface area (Å²) >= 11 is 0. The lowest BCUT2D eigenvalue weighted by atomic mass is 10.2. The number of aromatic nitrogens is 3. The molecule has 1 aliphatic heterocycles. The molecule has 1 amide bonds. The highest BCUT2D eigenvalue weighted by molar-refractivity contribution is 5.91. The van der Waals surface area contributed by atoms with E-state index in [2.05, 4.69) is 20.9 Å². The summed E-state index contributed by atoms with van der Waals surface area (Å²) in [4.78, 5) is 25.0. The minimum absolute atomic E-state index is 0.000912. The summed E-state index contributed by atoms with van der Waals surface area (Å²) in [5.74, 6) is 1.47. The molecule has 1 aliphatic rings. The molecule has 3 rings (SSSR count). The van der Waals surface area contributed by atoms with E-state index in [-0.39, 0.29) is 5.91 Å². The van der Waals surface area contributed by atoms with Gasteiger partial charge in [-0.3, -0.25) is 4.79 Å². The van der Waals surface area contributed by atoms with Crippen molar-refractivity contribution in [1.82, 2.24) is 19.4 Å². The van der Waals surface area contributed by atoms with Crippen molar-refractivity contribution in [3.8, 4) is 0 Å². The van der Waals surface area contributed by atoms with Crippen LogP contribution in [0.4, 0.5) is 5.82 Å². The van der Waals surface area contributed by atoms with Crippen molar-refractivity contribution in [1.29, 1.82) is 0 Å². The third-order valence-corrected chi connectivity index (χ3v) is 3.80. The second-order valence-electron chi connectivity index (χ2n) is 5.33. The van der Waals surface area contributed by atoms with Crippen molar-refractivity contribution in [2.24, 2.45) is 7.05 Å². The molecule has 0 aromatic carbocycles. The van der Waals surface area contributed by atoms with E-state index in [0.29, 0.717) is 18.9 Å². The molecule has 0 aliphatic carbocycles. The van der Waals surface area contributed by atoms with E-state index < -0.39 is 0 Å². The third-order valence-electron chi connectivity index (χ3n) is 3.80. The molecular weight excluding hydrogens is 266 g/mol. The number of carbonyl (C=O) groups excluding carboxylic acids is 1. The van der Waals surface area contributed by atoms with E-state index in [1.165, 1.54) is 0 Å². The van der Waals surface area contributed by atoms with Gasteiger partial charge in [0.1, 0.15) is 5.82 Å². The Balaban J connectivity index is 1.64. The number of anilines is 1. The maximum Gasteiger partial charge on any atom is 0.289 e. The lowest BCUT2D eigenvalue weighted by Crippen LogP contribution is -2.49. The molecule has 0 radical (unpaired) electrons. The van der Waals surface area contributed by atoms with Gasteiger partial charge in [0.25, 0.3) is 5.91 Å². The SMILES string of the molecule is Cc1ccc(N2CCN(C(=O)c3nccn3C)CC2)nc1. The van der Waals surface area contributed by atoms with Gasteiger partial charge in [0.05, 0.1) is 0 Å². The van der Waals surface area contributed by atoms with Gasteiger partial charge in [-0.1, -0.05) is 6.07 Å². The van der Waals surface area contributed by atoms with Gasteiger partial charge in [-0.05, 0) is 18.6 Å². The molecule has 0 bridgehead atoms. The van der Waals surface area contributed by atoms with E-state index in [0.717, 1.165) is 24.5 Å². The summed E-state index contributed by atoms with van der Waals surface area (Å²) < 4.78 is 1.76. The first kappa shape index (κ1) is 13.6. The van der Waals surface area contributed by atoms with E-state index >= 15 is 0 Å². The topological polar surface area (TPSA) is 54.3 Å². The number of aryl methyl sites for hydroxylation is 2. The summed E-state index contributed by atoms with van der Waals surface area (Å²) in [5.41, 5.74) is 1.15. The van der Waals surface area contributed by atoms with Gasteiger partial charge in [0.15, 0.2) is 5.82 Å². The van der Waals surface area contributed by atoms with Gasteiger partial charge in [-0.15, -0.1) is 0 Å². The van der Waals surface area contributed by atoms with Crippen LogP contribution in [-0.2, 0) is 7.05 Å². The van der Waals surface area contributed by atoms with Crippen LogP contribution >= 0.6 is 0 Å². The lowest BCUT2D eigenvalue weighted by molar-refractivity contribution is 0.0730. The van der Waals surface area contributed by atoms with Crippen molar-refractivity contribution in [2.75, 3.05) is 31.1 Å². The van der Waals surface area contributed by atoms with Crippen molar-refractivity contribution >= 4 is 11.7 Å². The quantitative estimate of drug-likeness (QED) is 0.829. The number of hydrogen-bond acceptors (Lipinski definition) is 4. The number of imidazole rings is 1. The van der Waals surface area contributed by atoms with E-state index in [9.17, 15) is 4.79 Å². The molecule has 1 saturated heterocycles. The Morgan fingerprint density at radius 1 is 1.14 bits per heavy atom. The maximum atomic E-state index is 12.4. The zero-order chi connectivity index (χ0) is 14.8. The molecule has 0 atom stereocenters. The molecule has 0 N–H and O–H groups in total. The molecular formula is C15H19N5O. The molecule has 3 heterocycles. The predicted molar refractivity (Wildman–Crippen MR) is 80.3 cm³/mol. The first-order chi connectivity index (χ1) is 10.1. The summed E-state index contributed by atoms with van der Waals surface area (Å²) in [5, 5.41) is 0. The molecule has 0 saturated carbocycles. The van der Waals surface area contributed by atoms with Crippen LogP contribution in [0.25, 0.3) is 0 Å². The zero-order valence-corrected chi connectivity index (χ0v) is 12.4. The normalized spacial score (nSPS) is 15.3. The monoisotopic (exact) mass is 285 g/mol. The zero-order valence-electron chi connectivity index (χ0n) is 12.4. The Bertz CT molecular complexity index is 626. The van der Waals surface area contributed by atoms with Crippen LogP contribution in [0.5, 0.6) is 0 Å². The van der Waals surface area contributed by atoms with Gasteiger partial charge < -0.3 is 14.4 Å². The van der Waals surface area contributed by atoms with Crippen LogP contribution in [0.2, 0.25) is 0 Å². The number of nitrogens with zero attached hydrogens (tertiary/aromatic N) is 5. The van der Waals surface area contributed by atoms with Gasteiger partial charge in [0.2, 0.25) is 0 Å². The van der Waals surface area contributed by atoms with Crippen LogP contribution < -0.4 is 4.90 Å². The van der Waals surface area contributed by atoms with Crippen LogP contribution in [-0.4, -0.2) is 51.5 Å². The first-order valence-electron chi connectivity index (χ1n) is 7.09. The van der Waals surface area contributed by atoms with E-state index in [1.807, 2.05) is 31.1 Å². The molecule has 2 aromatic heterocycles. The Morgan fingerprint density at radius 2 is 1.90 bits per heavy atom. The number of hydrogen-bond donors (Lipinski definition) is 0. The van der Waals surface area contributed by atoms with Gasteiger partial charge >= 0.3 is 0 Å². The highest BCUT2D eigenvalue weighted by Gasteiger charge is 2.24. The van der Waals surface area contributed by atoms with Gasteiger partial charge in [-0.2, -0.15) is 0 Å². The number of pyridine rings is 1. The Morgan fingerprint density at radius 3 is 2.48 bits per heavy atom. The highest BCUT2D eigenvalue weighted by atomic mass is 16.2. The number of amides is 1. The van der Waals surface area contributed by atoms with Gasteiger partial charge in [0, 0.05) is 51.8 Å². The smallest absolute Gasteiger partial charge is 0.289 e. The van der Waals surface area contributed by atoms with Gasteiger partial charge in [-0.25, -0.2) is 9.97 Å². The second kappa shape index (κ2) is 5.55. The van der Waals surface area contributed by atoms with Crippen molar-refractivity contribution in [2.45, 2.75) is 6.92 Å². The highest BCUT2D eigenvalue weighted by Crippen LogP contribution is 2.15. The lowest BCUT2D eigenvalue weighted by Gasteiger charge is -2.35. The Kier molecular flexibility index (Phi) is 3.60.